The molecule has 0 fully saturated rings. The van der Waals surface area contributed by atoms with Crippen molar-refractivity contribution in [3.63, 3.8) is 0 Å². The molecule has 0 spiro atoms. The summed E-state index contributed by atoms with van der Waals surface area (Å²) in [6.07, 6.45) is -5.26. The lowest BCUT2D eigenvalue weighted by Crippen LogP contribution is -2.41. The number of halogens is 3. The van der Waals surface area contributed by atoms with Crippen LogP contribution < -0.4 is 15.4 Å². The summed E-state index contributed by atoms with van der Waals surface area (Å²) in [5.74, 6) is 0.215. The fourth-order valence-corrected chi connectivity index (χ4v) is 3.56. The van der Waals surface area contributed by atoms with Gasteiger partial charge in [-0.25, -0.2) is 13.1 Å². The summed E-state index contributed by atoms with van der Waals surface area (Å²) < 4.78 is 62.5. The molecule has 6 nitrogen and oxygen atoms in total. The molecule has 1 aromatic rings. The highest BCUT2D eigenvalue weighted by Gasteiger charge is 2.26. The van der Waals surface area contributed by atoms with Gasteiger partial charge in [-0.3, -0.25) is 4.99 Å². The van der Waals surface area contributed by atoms with E-state index in [-0.39, 0.29) is 29.8 Å². The van der Waals surface area contributed by atoms with Crippen molar-refractivity contribution < 1.29 is 21.6 Å². The Morgan fingerprint density at radius 3 is 2.61 bits per heavy atom. The van der Waals surface area contributed by atoms with E-state index in [2.05, 4.69) is 20.3 Å². The molecule has 1 rings (SSSR count). The smallest absolute Gasteiger partial charge is 0.357 e. The standard InChI is InChI=1S/C12H19F3N4O2S2/c1-2-16-11(17-6-5-12(13,14)15)18-7-8-19-23(20,21)10-4-3-9-22-10/h3-4,9,19H,2,5-8H2,1H3,(H2,16,17,18). The monoisotopic (exact) mass is 372 g/mol. The van der Waals surface area contributed by atoms with E-state index < -0.39 is 22.6 Å². The lowest BCUT2D eigenvalue weighted by molar-refractivity contribution is -0.132. The molecule has 132 valence electrons. The van der Waals surface area contributed by atoms with E-state index in [0.29, 0.717) is 6.54 Å². The van der Waals surface area contributed by atoms with Crippen LogP contribution in [0.15, 0.2) is 26.7 Å². The zero-order valence-electron chi connectivity index (χ0n) is 12.5. The second kappa shape index (κ2) is 9.08. The second-order valence-corrected chi connectivity index (χ2v) is 7.32. The number of hydrogen-bond donors (Lipinski definition) is 3. The number of hydrogen-bond acceptors (Lipinski definition) is 4. The molecule has 0 amide bonds. The first-order chi connectivity index (χ1) is 10.7. The Labute approximate surface area is 137 Å². The zero-order chi connectivity index (χ0) is 17.3. The molecule has 0 saturated heterocycles. The molecule has 0 unspecified atom stereocenters. The van der Waals surface area contributed by atoms with Crippen molar-refractivity contribution in [3.8, 4) is 0 Å². The number of thiophene rings is 1. The van der Waals surface area contributed by atoms with E-state index in [0.717, 1.165) is 11.3 Å². The van der Waals surface area contributed by atoms with Crippen molar-refractivity contribution in [1.82, 2.24) is 15.4 Å². The van der Waals surface area contributed by atoms with E-state index in [1.807, 2.05) is 0 Å². The van der Waals surface area contributed by atoms with Crippen LogP contribution in [0.5, 0.6) is 0 Å². The predicted octanol–water partition coefficient (Wildman–Crippen LogP) is 1.53. The van der Waals surface area contributed by atoms with Crippen LogP contribution in [0.4, 0.5) is 13.2 Å². The Morgan fingerprint density at radius 1 is 1.30 bits per heavy atom. The first-order valence-corrected chi connectivity index (χ1v) is 9.23. The summed E-state index contributed by atoms with van der Waals surface area (Å²) in [4.78, 5) is 3.78. The minimum Gasteiger partial charge on any atom is -0.357 e. The molecule has 1 heterocycles. The van der Waals surface area contributed by atoms with Crippen molar-refractivity contribution in [2.75, 3.05) is 26.2 Å². The van der Waals surface area contributed by atoms with Gasteiger partial charge in [0.25, 0.3) is 0 Å². The number of rotatable bonds is 8. The summed E-state index contributed by atoms with van der Waals surface area (Å²) in [6.45, 7) is 2.16. The van der Waals surface area contributed by atoms with Gasteiger partial charge in [0.1, 0.15) is 4.21 Å². The molecular weight excluding hydrogens is 353 g/mol. The van der Waals surface area contributed by atoms with Crippen molar-refractivity contribution in [2.24, 2.45) is 4.99 Å². The molecule has 0 aliphatic rings. The summed E-state index contributed by atoms with van der Waals surface area (Å²) in [5.41, 5.74) is 0. The quantitative estimate of drug-likeness (QED) is 0.367. The highest BCUT2D eigenvalue weighted by atomic mass is 32.2. The van der Waals surface area contributed by atoms with Crippen LogP contribution in [-0.4, -0.2) is 46.7 Å². The minimum atomic E-state index is -4.25. The van der Waals surface area contributed by atoms with E-state index in [1.54, 1.807) is 18.4 Å². The lowest BCUT2D eigenvalue weighted by Gasteiger charge is -2.12. The van der Waals surface area contributed by atoms with Crippen LogP contribution in [0.2, 0.25) is 0 Å². The number of nitrogens with zero attached hydrogens (tertiary/aromatic N) is 1. The molecular formula is C12H19F3N4O2S2. The predicted molar refractivity (Wildman–Crippen MR) is 84.2 cm³/mol. The molecule has 11 heteroatoms. The number of sulfonamides is 1. The molecule has 1 aromatic heterocycles. The summed E-state index contributed by atoms with van der Waals surface area (Å²) in [5, 5.41) is 7.22. The van der Waals surface area contributed by atoms with Crippen LogP contribution in [0.3, 0.4) is 0 Å². The first kappa shape index (κ1) is 19.7. The van der Waals surface area contributed by atoms with Gasteiger partial charge in [-0.05, 0) is 18.4 Å². The van der Waals surface area contributed by atoms with Crippen LogP contribution in [0.25, 0.3) is 0 Å². The zero-order valence-corrected chi connectivity index (χ0v) is 14.1. The van der Waals surface area contributed by atoms with E-state index in [1.165, 1.54) is 6.07 Å². The fourth-order valence-electron chi connectivity index (χ4n) is 1.49. The molecule has 23 heavy (non-hydrogen) atoms. The summed E-state index contributed by atoms with van der Waals surface area (Å²) in [7, 11) is -3.54. The average Bonchev–Trinajstić information content (AvgIpc) is 2.97. The van der Waals surface area contributed by atoms with Gasteiger partial charge in [-0.15, -0.1) is 11.3 Å². The molecule has 0 aliphatic carbocycles. The third-order valence-corrected chi connectivity index (χ3v) is 5.34. The van der Waals surface area contributed by atoms with Gasteiger partial charge in [0.15, 0.2) is 5.96 Å². The van der Waals surface area contributed by atoms with Crippen molar-refractivity contribution in [2.45, 2.75) is 23.7 Å². The Kier molecular flexibility index (Phi) is 7.79. The number of aliphatic imine (C=N–C) groups is 1. The Balaban J connectivity index is 2.39. The Bertz CT molecular complexity index is 586. The second-order valence-electron chi connectivity index (χ2n) is 4.38. The summed E-state index contributed by atoms with van der Waals surface area (Å²) >= 11 is 1.10. The maximum Gasteiger partial charge on any atom is 0.390 e. The van der Waals surface area contributed by atoms with Crippen LogP contribution in [0.1, 0.15) is 13.3 Å². The van der Waals surface area contributed by atoms with Gasteiger partial charge in [0.05, 0.1) is 13.0 Å². The number of alkyl halides is 3. The van der Waals surface area contributed by atoms with Gasteiger partial charge in [-0.2, -0.15) is 13.2 Å². The largest absolute Gasteiger partial charge is 0.390 e. The van der Waals surface area contributed by atoms with Crippen molar-refractivity contribution in [3.05, 3.63) is 17.5 Å². The number of nitrogens with one attached hydrogen (secondary N) is 3. The minimum absolute atomic E-state index is 0.0872. The normalized spacial score (nSPS) is 13.1. The molecule has 0 bridgehead atoms. The lowest BCUT2D eigenvalue weighted by atomic mass is 10.4. The number of guanidine groups is 1. The van der Waals surface area contributed by atoms with Crippen LogP contribution in [0, 0.1) is 0 Å². The molecule has 0 radical (unpaired) electrons. The van der Waals surface area contributed by atoms with Gasteiger partial charge >= 0.3 is 6.18 Å². The highest BCUT2D eigenvalue weighted by molar-refractivity contribution is 7.91. The Morgan fingerprint density at radius 2 is 2.04 bits per heavy atom. The Hall–Kier alpha value is -1.33. The van der Waals surface area contributed by atoms with Gasteiger partial charge < -0.3 is 10.6 Å². The maximum absolute atomic E-state index is 12.1. The highest BCUT2D eigenvalue weighted by Crippen LogP contribution is 2.18. The van der Waals surface area contributed by atoms with E-state index in [9.17, 15) is 21.6 Å². The molecule has 0 aliphatic heterocycles. The SMILES string of the molecule is CCNC(=NCCC(F)(F)F)NCCNS(=O)(=O)c1cccs1. The van der Waals surface area contributed by atoms with E-state index in [4.69, 9.17) is 0 Å². The van der Waals surface area contributed by atoms with E-state index >= 15 is 0 Å². The first-order valence-electron chi connectivity index (χ1n) is 6.86. The molecule has 0 atom stereocenters. The van der Waals surface area contributed by atoms with Gasteiger partial charge in [-0.1, -0.05) is 6.07 Å². The third kappa shape index (κ3) is 8.18. The summed E-state index contributed by atoms with van der Waals surface area (Å²) in [6, 6.07) is 3.12. The van der Waals surface area contributed by atoms with Crippen LogP contribution >= 0.6 is 11.3 Å². The molecule has 3 N–H and O–H groups in total. The van der Waals surface area contributed by atoms with Crippen molar-refractivity contribution in [1.29, 1.82) is 0 Å². The molecule has 0 saturated carbocycles. The average molecular weight is 372 g/mol. The van der Waals surface area contributed by atoms with Crippen LogP contribution in [-0.2, 0) is 10.0 Å². The third-order valence-electron chi connectivity index (χ3n) is 2.48. The maximum atomic E-state index is 12.1. The van der Waals surface area contributed by atoms with Gasteiger partial charge in [0.2, 0.25) is 10.0 Å². The fraction of sp³-hybridized carbons (Fsp3) is 0.583. The van der Waals surface area contributed by atoms with Gasteiger partial charge in [0, 0.05) is 19.6 Å². The topological polar surface area (TPSA) is 82.6 Å². The molecule has 0 aromatic carbocycles. The van der Waals surface area contributed by atoms with Crippen molar-refractivity contribution >= 4 is 27.3 Å².